The number of rotatable bonds is 10. The van der Waals surface area contributed by atoms with Crippen molar-refractivity contribution in [2.75, 3.05) is 13.2 Å². The van der Waals surface area contributed by atoms with Crippen LogP contribution in [-0.2, 0) is 9.47 Å². The SMILES string of the molecule is CCC(C)(O)CCCOC(=O)OC(C)(CC)CCCO. The molecule has 0 aromatic heterocycles. The molecule has 0 aliphatic rings. The predicted octanol–water partition coefficient (Wildman–Crippen LogP) is 3.02. The molecule has 0 amide bonds. The molecule has 2 atom stereocenters. The van der Waals surface area contributed by atoms with Crippen molar-refractivity contribution in [1.82, 2.24) is 0 Å². The van der Waals surface area contributed by atoms with E-state index in [9.17, 15) is 9.90 Å². The first-order valence-corrected chi connectivity index (χ1v) is 7.47. The minimum atomic E-state index is -0.702. The Morgan fingerprint density at radius 3 is 2.25 bits per heavy atom. The van der Waals surface area contributed by atoms with Crippen LogP contribution in [0.4, 0.5) is 4.79 Å². The molecule has 2 N–H and O–H groups in total. The topological polar surface area (TPSA) is 76.0 Å². The maximum absolute atomic E-state index is 11.6. The number of ether oxygens (including phenoxy) is 2. The molecule has 5 nitrogen and oxygen atoms in total. The fraction of sp³-hybridized carbons (Fsp3) is 0.933. The van der Waals surface area contributed by atoms with Gasteiger partial charge in [0.2, 0.25) is 0 Å². The van der Waals surface area contributed by atoms with E-state index < -0.39 is 17.4 Å². The van der Waals surface area contributed by atoms with E-state index in [4.69, 9.17) is 14.6 Å². The molecule has 0 rings (SSSR count). The van der Waals surface area contributed by atoms with E-state index >= 15 is 0 Å². The first-order valence-electron chi connectivity index (χ1n) is 7.47. The van der Waals surface area contributed by atoms with Gasteiger partial charge < -0.3 is 19.7 Å². The zero-order valence-corrected chi connectivity index (χ0v) is 13.3. The van der Waals surface area contributed by atoms with Gasteiger partial charge in [-0.1, -0.05) is 13.8 Å². The maximum atomic E-state index is 11.6. The molecule has 0 saturated carbocycles. The third-order valence-electron chi connectivity index (χ3n) is 3.78. The molecular weight excluding hydrogens is 260 g/mol. The first-order chi connectivity index (χ1) is 9.28. The second-order valence-electron chi connectivity index (χ2n) is 5.79. The van der Waals surface area contributed by atoms with Gasteiger partial charge in [0.15, 0.2) is 0 Å². The molecule has 5 heteroatoms. The summed E-state index contributed by atoms with van der Waals surface area (Å²) in [4.78, 5) is 11.6. The average Bonchev–Trinajstić information content (AvgIpc) is 2.41. The Labute approximate surface area is 122 Å². The summed E-state index contributed by atoms with van der Waals surface area (Å²) in [5, 5.41) is 18.7. The molecule has 0 radical (unpaired) electrons. The van der Waals surface area contributed by atoms with Crippen molar-refractivity contribution in [3.63, 3.8) is 0 Å². The van der Waals surface area contributed by atoms with Gasteiger partial charge in [-0.3, -0.25) is 0 Å². The van der Waals surface area contributed by atoms with E-state index in [-0.39, 0.29) is 13.2 Å². The molecule has 2 unspecified atom stereocenters. The van der Waals surface area contributed by atoms with Gasteiger partial charge >= 0.3 is 6.16 Å². The number of carbonyl (C=O) groups is 1. The lowest BCUT2D eigenvalue weighted by molar-refractivity contribution is -0.0377. The molecule has 0 bridgehead atoms. The maximum Gasteiger partial charge on any atom is 0.508 e. The smallest absolute Gasteiger partial charge is 0.434 e. The fourth-order valence-electron chi connectivity index (χ4n) is 1.77. The highest BCUT2D eigenvalue weighted by Gasteiger charge is 2.27. The van der Waals surface area contributed by atoms with Gasteiger partial charge in [-0.25, -0.2) is 4.79 Å². The second kappa shape index (κ2) is 9.19. The monoisotopic (exact) mass is 290 g/mol. The highest BCUT2D eigenvalue weighted by molar-refractivity contribution is 5.60. The molecule has 0 aliphatic heterocycles. The van der Waals surface area contributed by atoms with Gasteiger partial charge in [0.25, 0.3) is 0 Å². The lowest BCUT2D eigenvalue weighted by atomic mass is 9.97. The number of aliphatic hydroxyl groups excluding tert-OH is 1. The van der Waals surface area contributed by atoms with Crippen LogP contribution in [0.1, 0.15) is 66.2 Å². The Bertz CT molecular complexity index is 277. The Balaban J connectivity index is 3.97. The lowest BCUT2D eigenvalue weighted by Gasteiger charge is -2.27. The van der Waals surface area contributed by atoms with Gasteiger partial charge in [0.05, 0.1) is 12.2 Å². The number of carbonyl (C=O) groups excluding carboxylic acids is 1. The molecule has 0 aliphatic carbocycles. The summed E-state index contributed by atoms with van der Waals surface area (Å²) >= 11 is 0. The van der Waals surface area contributed by atoms with Gasteiger partial charge in [0.1, 0.15) is 5.60 Å². The van der Waals surface area contributed by atoms with Crippen LogP contribution in [0.15, 0.2) is 0 Å². The molecule has 0 heterocycles. The van der Waals surface area contributed by atoms with Crippen molar-refractivity contribution in [3.05, 3.63) is 0 Å². The van der Waals surface area contributed by atoms with Crippen LogP contribution < -0.4 is 0 Å². The third kappa shape index (κ3) is 8.38. The largest absolute Gasteiger partial charge is 0.508 e. The minimum absolute atomic E-state index is 0.0834. The van der Waals surface area contributed by atoms with Crippen LogP contribution >= 0.6 is 0 Å². The van der Waals surface area contributed by atoms with Gasteiger partial charge in [0, 0.05) is 6.61 Å². The molecule has 0 fully saturated rings. The summed E-state index contributed by atoms with van der Waals surface area (Å²) in [7, 11) is 0. The summed E-state index contributed by atoms with van der Waals surface area (Å²) in [6.07, 6.45) is 3.07. The van der Waals surface area contributed by atoms with E-state index in [1.54, 1.807) is 6.92 Å². The highest BCUT2D eigenvalue weighted by atomic mass is 16.7. The van der Waals surface area contributed by atoms with Crippen LogP contribution in [0, 0.1) is 0 Å². The molecule has 0 aromatic rings. The fourth-order valence-corrected chi connectivity index (χ4v) is 1.77. The second-order valence-corrected chi connectivity index (χ2v) is 5.79. The van der Waals surface area contributed by atoms with Crippen molar-refractivity contribution >= 4 is 6.16 Å². The van der Waals surface area contributed by atoms with Crippen LogP contribution in [0.25, 0.3) is 0 Å². The Hall–Kier alpha value is -0.810. The Morgan fingerprint density at radius 1 is 1.10 bits per heavy atom. The summed E-state index contributed by atoms with van der Waals surface area (Å²) < 4.78 is 10.3. The molecule has 0 aromatic carbocycles. The summed E-state index contributed by atoms with van der Waals surface area (Å²) in [5.74, 6) is 0. The van der Waals surface area contributed by atoms with E-state index in [1.807, 2.05) is 20.8 Å². The third-order valence-corrected chi connectivity index (χ3v) is 3.78. The van der Waals surface area contributed by atoms with E-state index in [2.05, 4.69) is 0 Å². The van der Waals surface area contributed by atoms with Gasteiger partial charge in [-0.2, -0.15) is 0 Å². The lowest BCUT2D eigenvalue weighted by Crippen LogP contribution is -2.32. The average molecular weight is 290 g/mol. The van der Waals surface area contributed by atoms with Gasteiger partial charge in [-0.15, -0.1) is 0 Å². The predicted molar refractivity (Wildman–Crippen MR) is 77.6 cm³/mol. The number of hydrogen-bond donors (Lipinski definition) is 2. The molecule has 0 saturated heterocycles. The van der Waals surface area contributed by atoms with Crippen molar-refractivity contribution in [1.29, 1.82) is 0 Å². The van der Waals surface area contributed by atoms with Crippen molar-refractivity contribution in [2.45, 2.75) is 77.4 Å². The van der Waals surface area contributed by atoms with E-state index in [0.29, 0.717) is 38.5 Å². The zero-order chi connectivity index (χ0) is 15.6. The summed E-state index contributed by atoms with van der Waals surface area (Å²) in [6.45, 7) is 7.79. The van der Waals surface area contributed by atoms with Crippen molar-refractivity contribution < 1.29 is 24.5 Å². The summed E-state index contributed by atoms with van der Waals surface area (Å²) in [5.41, 5.74) is -1.29. The van der Waals surface area contributed by atoms with Crippen LogP contribution in [0.5, 0.6) is 0 Å². The minimum Gasteiger partial charge on any atom is -0.434 e. The normalized spacial score (nSPS) is 17.1. The van der Waals surface area contributed by atoms with E-state index in [1.165, 1.54) is 0 Å². The van der Waals surface area contributed by atoms with Crippen LogP contribution in [0.2, 0.25) is 0 Å². The highest BCUT2D eigenvalue weighted by Crippen LogP contribution is 2.22. The number of aliphatic hydroxyl groups is 2. The van der Waals surface area contributed by atoms with Crippen LogP contribution in [0.3, 0.4) is 0 Å². The van der Waals surface area contributed by atoms with Crippen LogP contribution in [-0.4, -0.2) is 40.8 Å². The Morgan fingerprint density at radius 2 is 1.75 bits per heavy atom. The molecule has 0 spiro atoms. The van der Waals surface area contributed by atoms with Crippen molar-refractivity contribution in [3.8, 4) is 0 Å². The molecule has 20 heavy (non-hydrogen) atoms. The van der Waals surface area contributed by atoms with Gasteiger partial charge in [-0.05, 0) is 52.4 Å². The summed E-state index contributed by atoms with van der Waals surface area (Å²) in [6, 6.07) is 0. The number of hydrogen-bond acceptors (Lipinski definition) is 5. The molecule has 120 valence electrons. The molecular formula is C15H30O5. The van der Waals surface area contributed by atoms with Crippen molar-refractivity contribution in [2.24, 2.45) is 0 Å². The quantitative estimate of drug-likeness (QED) is 0.478. The zero-order valence-electron chi connectivity index (χ0n) is 13.3. The van der Waals surface area contributed by atoms with E-state index in [0.717, 1.165) is 0 Å². The standard InChI is InChI=1S/C15H30O5/c1-5-14(3,18)9-8-12-19-13(17)20-15(4,6-2)10-7-11-16/h16,18H,5-12H2,1-4H3. The first kappa shape index (κ1) is 19.2. The Kier molecular flexibility index (Phi) is 8.81.